The van der Waals surface area contributed by atoms with Crippen LogP contribution in [0.4, 0.5) is 9.18 Å². The summed E-state index contributed by atoms with van der Waals surface area (Å²) in [5.41, 5.74) is 5.21. The molecule has 72 valence electrons. The van der Waals surface area contributed by atoms with Crippen LogP contribution in [0.5, 0.6) is 0 Å². The number of hydrogen-bond acceptors (Lipinski definition) is 2. The number of nitrogens with two attached hydrogens (primary N) is 1. The molecule has 4 nitrogen and oxygen atoms in total. The van der Waals surface area contributed by atoms with E-state index in [1.807, 2.05) is 0 Å². The van der Waals surface area contributed by atoms with Gasteiger partial charge in [0.25, 0.3) is 0 Å². The Kier molecular flexibility index (Phi) is 1.89. The van der Waals surface area contributed by atoms with Crippen molar-refractivity contribution in [3.8, 4) is 0 Å². The van der Waals surface area contributed by atoms with Gasteiger partial charge in [0, 0.05) is 6.20 Å². The lowest BCUT2D eigenvalue weighted by molar-refractivity contribution is 0.251. The predicted molar refractivity (Wildman–Crippen MR) is 49.7 cm³/mol. The zero-order valence-corrected chi connectivity index (χ0v) is 7.62. The number of aromatic nitrogens is 2. The Labute approximate surface area is 83.1 Å². The standard InChI is InChI=1S/C8H5ClFN3O/c9-5-3-12-7-4(6(5)10)1-2-13(7)8(11)14/h1-3H,(H2,11,14). The molecule has 14 heavy (non-hydrogen) atoms. The van der Waals surface area contributed by atoms with E-state index in [0.29, 0.717) is 0 Å². The zero-order valence-electron chi connectivity index (χ0n) is 6.87. The first-order valence-corrected chi connectivity index (χ1v) is 4.10. The number of fused-ring (bicyclic) bond motifs is 1. The van der Waals surface area contributed by atoms with Crippen LogP contribution in [-0.4, -0.2) is 15.6 Å². The molecular weight excluding hydrogens is 209 g/mol. The zero-order chi connectivity index (χ0) is 10.3. The third-order valence-corrected chi connectivity index (χ3v) is 2.11. The monoisotopic (exact) mass is 213 g/mol. The highest BCUT2D eigenvalue weighted by atomic mass is 35.5. The van der Waals surface area contributed by atoms with Gasteiger partial charge in [0.05, 0.1) is 16.6 Å². The Morgan fingerprint density at radius 2 is 2.36 bits per heavy atom. The average Bonchev–Trinajstić information content (AvgIpc) is 2.55. The molecule has 2 aromatic rings. The first-order chi connectivity index (χ1) is 6.61. The summed E-state index contributed by atoms with van der Waals surface area (Å²) < 4.78 is 14.4. The molecule has 1 amide bonds. The highest BCUT2D eigenvalue weighted by molar-refractivity contribution is 6.31. The topological polar surface area (TPSA) is 60.9 Å². The summed E-state index contributed by atoms with van der Waals surface area (Å²) in [6.45, 7) is 0. The Balaban J connectivity index is 2.83. The third-order valence-electron chi connectivity index (χ3n) is 1.84. The van der Waals surface area contributed by atoms with Crippen molar-refractivity contribution in [3.63, 3.8) is 0 Å². The fourth-order valence-electron chi connectivity index (χ4n) is 1.21. The molecule has 2 heterocycles. The second-order valence-corrected chi connectivity index (χ2v) is 3.09. The van der Waals surface area contributed by atoms with E-state index < -0.39 is 11.8 Å². The predicted octanol–water partition coefficient (Wildman–Crippen LogP) is 1.76. The number of hydrogen-bond donors (Lipinski definition) is 1. The van der Waals surface area contributed by atoms with Crippen molar-refractivity contribution in [1.82, 2.24) is 9.55 Å². The fraction of sp³-hybridized carbons (Fsp3) is 0. The molecule has 0 aliphatic rings. The largest absolute Gasteiger partial charge is 0.351 e. The van der Waals surface area contributed by atoms with Crippen LogP contribution in [0.3, 0.4) is 0 Å². The molecule has 0 aromatic carbocycles. The van der Waals surface area contributed by atoms with Crippen LogP contribution in [0.1, 0.15) is 0 Å². The van der Waals surface area contributed by atoms with Crippen molar-refractivity contribution in [2.45, 2.75) is 0 Å². The Morgan fingerprint density at radius 1 is 1.64 bits per heavy atom. The highest BCUT2D eigenvalue weighted by Crippen LogP contribution is 2.22. The van der Waals surface area contributed by atoms with Gasteiger partial charge >= 0.3 is 6.03 Å². The fourth-order valence-corrected chi connectivity index (χ4v) is 1.36. The minimum atomic E-state index is -0.714. The summed E-state index contributed by atoms with van der Waals surface area (Å²) in [5, 5.41) is 0.0935. The van der Waals surface area contributed by atoms with Gasteiger partial charge in [0.2, 0.25) is 0 Å². The lowest BCUT2D eigenvalue weighted by atomic mass is 10.3. The summed E-state index contributed by atoms with van der Waals surface area (Å²) in [6.07, 6.45) is 2.48. The van der Waals surface area contributed by atoms with Crippen LogP contribution >= 0.6 is 11.6 Å². The molecule has 0 unspecified atom stereocenters. The molecule has 0 spiro atoms. The van der Waals surface area contributed by atoms with Gasteiger partial charge in [0.1, 0.15) is 0 Å². The van der Waals surface area contributed by atoms with Crippen LogP contribution in [-0.2, 0) is 0 Å². The lowest BCUT2D eigenvalue weighted by Crippen LogP contribution is -2.18. The molecule has 0 atom stereocenters. The third kappa shape index (κ3) is 1.13. The van der Waals surface area contributed by atoms with Gasteiger partial charge in [-0.25, -0.2) is 14.2 Å². The summed E-state index contributed by atoms with van der Waals surface area (Å²) >= 11 is 5.51. The number of carbonyl (C=O) groups excluding carboxylic acids is 1. The number of pyridine rings is 1. The number of halogens is 2. The number of rotatable bonds is 0. The molecule has 0 saturated heterocycles. The molecule has 2 rings (SSSR count). The first-order valence-electron chi connectivity index (χ1n) is 3.72. The smallest absolute Gasteiger partial charge is 0.324 e. The maximum Gasteiger partial charge on any atom is 0.324 e. The minimum Gasteiger partial charge on any atom is -0.351 e. The molecule has 0 fully saturated rings. The molecule has 0 saturated carbocycles. The summed E-state index contributed by atoms with van der Waals surface area (Å²) in [4.78, 5) is 14.7. The van der Waals surface area contributed by atoms with E-state index in [-0.39, 0.29) is 16.1 Å². The maximum atomic E-state index is 13.3. The molecule has 0 aliphatic heterocycles. The highest BCUT2D eigenvalue weighted by Gasteiger charge is 2.12. The molecule has 2 aromatic heterocycles. The first kappa shape index (κ1) is 8.96. The van der Waals surface area contributed by atoms with Crippen molar-refractivity contribution in [3.05, 3.63) is 29.3 Å². The summed E-state index contributed by atoms with van der Waals surface area (Å²) in [5.74, 6) is -0.600. The molecule has 2 N–H and O–H groups in total. The summed E-state index contributed by atoms with van der Waals surface area (Å²) in [6, 6.07) is 0.683. The quantitative estimate of drug-likeness (QED) is 0.725. The van der Waals surface area contributed by atoms with Crippen molar-refractivity contribution in [2.75, 3.05) is 0 Å². The van der Waals surface area contributed by atoms with Gasteiger partial charge in [-0.1, -0.05) is 11.6 Å². The van der Waals surface area contributed by atoms with Gasteiger partial charge in [0.15, 0.2) is 11.5 Å². The van der Waals surface area contributed by atoms with Crippen LogP contribution in [0.15, 0.2) is 18.5 Å². The molecular formula is C8H5ClFN3O. The molecule has 0 radical (unpaired) electrons. The normalized spacial score (nSPS) is 10.7. The van der Waals surface area contributed by atoms with Crippen molar-refractivity contribution >= 4 is 28.7 Å². The van der Waals surface area contributed by atoms with Gasteiger partial charge in [-0.05, 0) is 6.07 Å². The van der Waals surface area contributed by atoms with Crippen LogP contribution in [0.2, 0.25) is 5.02 Å². The Morgan fingerprint density at radius 3 is 3.00 bits per heavy atom. The van der Waals surface area contributed by atoms with Crippen LogP contribution in [0.25, 0.3) is 11.0 Å². The number of nitrogens with zero attached hydrogens (tertiary/aromatic N) is 2. The van der Waals surface area contributed by atoms with Gasteiger partial charge < -0.3 is 5.73 Å². The Bertz CT molecular complexity index is 523. The van der Waals surface area contributed by atoms with Crippen molar-refractivity contribution < 1.29 is 9.18 Å². The van der Waals surface area contributed by atoms with E-state index in [0.717, 1.165) is 10.8 Å². The van der Waals surface area contributed by atoms with Crippen LogP contribution < -0.4 is 5.73 Å². The van der Waals surface area contributed by atoms with Gasteiger partial charge in [-0.15, -0.1) is 0 Å². The minimum absolute atomic E-state index is 0.0836. The second-order valence-electron chi connectivity index (χ2n) is 2.68. The average molecular weight is 214 g/mol. The van der Waals surface area contributed by atoms with E-state index in [4.69, 9.17) is 17.3 Å². The van der Waals surface area contributed by atoms with E-state index in [2.05, 4.69) is 4.98 Å². The van der Waals surface area contributed by atoms with E-state index >= 15 is 0 Å². The maximum absolute atomic E-state index is 13.3. The van der Waals surface area contributed by atoms with Gasteiger partial charge in [-0.2, -0.15) is 0 Å². The second kappa shape index (κ2) is 2.95. The van der Waals surface area contributed by atoms with E-state index in [1.54, 1.807) is 0 Å². The molecule has 6 heteroatoms. The van der Waals surface area contributed by atoms with Crippen molar-refractivity contribution in [2.24, 2.45) is 5.73 Å². The van der Waals surface area contributed by atoms with Crippen molar-refractivity contribution in [1.29, 1.82) is 0 Å². The summed E-state index contributed by atoms with van der Waals surface area (Å²) in [7, 11) is 0. The Hall–Kier alpha value is -1.62. The number of carbonyl (C=O) groups is 1. The van der Waals surface area contributed by atoms with E-state index in [9.17, 15) is 9.18 Å². The SMILES string of the molecule is NC(=O)n1ccc2c(F)c(Cl)cnc21. The van der Waals surface area contributed by atoms with Crippen LogP contribution in [0, 0.1) is 5.82 Å². The molecule has 0 aliphatic carbocycles. The lowest BCUT2D eigenvalue weighted by Gasteiger charge is -1.98. The van der Waals surface area contributed by atoms with E-state index in [1.165, 1.54) is 12.3 Å². The van der Waals surface area contributed by atoms with Gasteiger partial charge in [-0.3, -0.25) is 4.57 Å². The number of amides is 1. The molecule has 0 bridgehead atoms. The number of primary amides is 1.